The summed E-state index contributed by atoms with van der Waals surface area (Å²) in [5.41, 5.74) is 0.901. The number of nitrogens with one attached hydrogen (secondary N) is 1. The molecule has 0 unspecified atom stereocenters. The first-order valence-corrected chi connectivity index (χ1v) is 8.81. The molecule has 1 saturated heterocycles. The predicted octanol–water partition coefficient (Wildman–Crippen LogP) is 1.14. The summed E-state index contributed by atoms with van der Waals surface area (Å²) in [6.07, 6.45) is 0.931. The molecule has 140 valence electrons. The molecule has 0 atom stereocenters. The highest BCUT2D eigenvalue weighted by molar-refractivity contribution is 5.80. The first kappa shape index (κ1) is 19.3. The summed E-state index contributed by atoms with van der Waals surface area (Å²) in [5, 5.41) is 13.4. The molecule has 2 rings (SSSR count). The predicted molar refractivity (Wildman–Crippen MR) is 101 cm³/mol. The van der Waals surface area contributed by atoms with Crippen molar-refractivity contribution in [2.75, 3.05) is 71.6 Å². The number of nitrogens with zero attached hydrogens (tertiary/aromatic N) is 3. The lowest BCUT2D eigenvalue weighted by Crippen LogP contribution is -2.52. The normalized spacial score (nSPS) is 15.5. The second kappa shape index (κ2) is 10.8. The number of para-hydroxylation sites is 2. The Morgan fingerprint density at radius 3 is 2.60 bits per heavy atom. The van der Waals surface area contributed by atoms with Gasteiger partial charge in [0.25, 0.3) is 0 Å². The molecule has 0 radical (unpaired) electrons. The SMILES string of the molecule is CN=C(NCCCOCCOC)N1CCN(c2ccccc2O)CC1. The molecule has 0 saturated carbocycles. The highest BCUT2D eigenvalue weighted by atomic mass is 16.5. The number of piperazine rings is 1. The zero-order valence-electron chi connectivity index (χ0n) is 15.3. The molecule has 0 aliphatic carbocycles. The molecule has 25 heavy (non-hydrogen) atoms. The number of ether oxygens (including phenoxy) is 2. The van der Waals surface area contributed by atoms with E-state index in [0.29, 0.717) is 25.6 Å². The van der Waals surface area contributed by atoms with Gasteiger partial charge in [0.1, 0.15) is 5.75 Å². The largest absolute Gasteiger partial charge is 0.506 e. The van der Waals surface area contributed by atoms with E-state index in [9.17, 15) is 5.11 Å². The van der Waals surface area contributed by atoms with Crippen molar-refractivity contribution in [2.24, 2.45) is 4.99 Å². The van der Waals surface area contributed by atoms with Crippen molar-refractivity contribution in [1.82, 2.24) is 10.2 Å². The van der Waals surface area contributed by atoms with Gasteiger partial charge in [0.2, 0.25) is 0 Å². The number of rotatable bonds is 8. The van der Waals surface area contributed by atoms with E-state index in [1.165, 1.54) is 0 Å². The van der Waals surface area contributed by atoms with Crippen LogP contribution in [-0.2, 0) is 9.47 Å². The van der Waals surface area contributed by atoms with Crippen LogP contribution in [0.4, 0.5) is 5.69 Å². The highest BCUT2D eigenvalue weighted by Crippen LogP contribution is 2.27. The molecule has 1 aromatic rings. The topological polar surface area (TPSA) is 69.6 Å². The van der Waals surface area contributed by atoms with Gasteiger partial charge in [-0.05, 0) is 18.6 Å². The molecule has 1 fully saturated rings. The molecular weight excluding hydrogens is 320 g/mol. The number of aromatic hydroxyl groups is 1. The van der Waals surface area contributed by atoms with Crippen LogP contribution in [0.5, 0.6) is 5.75 Å². The second-order valence-corrected chi connectivity index (χ2v) is 5.90. The Hall–Kier alpha value is -1.99. The lowest BCUT2D eigenvalue weighted by molar-refractivity contribution is 0.0698. The molecule has 0 bridgehead atoms. The van der Waals surface area contributed by atoms with Gasteiger partial charge in [-0.1, -0.05) is 12.1 Å². The molecule has 0 amide bonds. The van der Waals surface area contributed by atoms with Gasteiger partial charge in [0, 0.05) is 53.5 Å². The van der Waals surface area contributed by atoms with Gasteiger partial charge in [-0.15, -0.1) is 0 Å². The molecule has 1 heterocycles. The fourth-order valence-corrected chi connectivity index (χ4v) is 2.84. The van der Waals surface area contributed by atoms with Crippen LogP contribution in [0.25, 0.3) is 0 Å². The summed E-state index contributed by atoms with van der Waals surface area (Å²) < 4.78 is 10.4. The third-order valence-electron chi connectivity index (χ3n) is 4.19. The van der Waals surface area contributed by atoms with Crippen LogP contribution in [0.15, 0.2) is 29.3 Å². The fraction of sp³-hybridized carbons (Fsp3) is 0.611. The number of benzene rings is 1. The number of anilines is 1. The number of guanidine groups is 1. The van der Waals surface area contributed by atoms with Crippen LogP contribution in [0.1, 0.15) is 6.42 Å². The lowest BCUT2D eigenvalue weighted by atomic mass is 10.2. The minimum absolute atomic E-state index is 0.340. The Kier molecular flexibility index (Phi) is 8.34. The van der Waals surface area contributed by atoms with E-state index in [1.54, 1.807) is 13.2 Å². The Morgan fingerprint density at radius 2 is 1.92 bits per heavy atom. The van der Waals surface area contributed by atoms with Crippen molar-refractivity contribution in [2.45, 2.75) is 6.42 Å². The number of methoxy groups -OCH3 is 1. The minimum atomic E-state index is 0.340. The zero-order valence-corrected chi connectivity index (χ0v) is 15.3. The van der Waals surface area contributed by atoms with E-state index in [-0.39, 0.29) is 0 Å². The summed E-state index contributed by atoms with van der Waals surface area (Å²) >= 11 is 0. The van der Waals surface area contributed by atoms with Crippen LogP contribution >= 0.6 is 0 Å². The van der Waals surface area contributed by atoms with E-state index in [4.69, 9.17) is 9.47 Å². The van der Waals surface area contributed by atoms with Crippen LogP contribution in [0, 0.1) is 0 Å². The minimum Gasteiger partial charge on any atom is -0.506 e. The Morgan fingerprint density at radius 1 is 1.16 bits per heavy atom. The van der Waals surface area contributed by atoms with Crippen molar-refractivity contribution in [3.63, 3.8) is 0 Å². The maximum atomic E-state index is 9.99. The molecule has 0 aromatic heterocycles. The van der Waals surface area contributed by atoms with E-state index in [1.807, 2.05) is 25.2 Å². The molecule has 1 aromatic carbocycles. The van der Waals surface area contributed by atoms with Crippen molar-refractivity contribution in [3.05, 3.63) is 24.3 Å². The number of phenols is 1. The monoisotopic (exact) mass is 350 g/mol. The maximum Gasteiger partial charge on any atom is 0.193 e. The van der Waals surface area contributed by atoms with Crippen LogP contribution in [0.3, 0.4) is 0 Å². The Bertz CT molecular complexity index is 531. The van der Waals surface area contributed by atoms with Crippen molar-refractivity contribution >= 4 is 11.6 Å². The third-order valence-corrected chi connectivity index (χ3v) is 4.19. The van der Waals surface area contributed by atoms with Crippen molar-refractivity contribution < 1.29 is 14.6 Å². The first-order chi connectivity index (χ1) is 12.3. The smallest absolute Gasteiger partial charge is 0.193 e. The maximum absolute atomic E-state index is 9.99. The summed E-state index contributed by atoms with van der Waals surface area (Å²) in [5.74, 6) is 1.26. The van der Waals surface area contributed by atoms with E-state index >= 15 is 0 Å². The van der Waals surface area contributed by atoms with Crippen LogP contribution < -0.4 is 10.2 Å². The summed E-state index contributed by atoms with van der Waals surface area (Å²) in [4.78, 5) is 8.84. The third kappa shape index (κ3) is 6.10. The fourth-order valence-electron chi connectivity index (χ4n) is 2.84. The van der Waals surface area contributed by atoms with Crippen molar-refractivity contribution in [3.8, 4) is 5.75 Å². The average molecular weight is 350 g/mol. The molecule has 7 heteroatoms. The Balaban J connectivity index is 1.70. The van der Waals surface area contributed by atoms with Gasteiger partial charge in [-0.3, -0.25) is 4.99 Å². The average Bonchev–Trinajstić information content (AvgIpc) is 2.65. The molecule has 2 N–H and O–H groups in total. The zero-order chi connectivity index (χ0) is 17.9. The van der Waals surface area contributed by atoms with E-state index < -0.39 is 0 Å². The van der Waals surface area contributed by atoms with Gasteiger partial charge in [-0.2, -0.15) is 0 Å². The molecular formula is C18H30N4O3. The van der Waals surface area contributed by atoms with Crippen LogP contribution in [-0.4, -0.2) is 82.7 Å². The number of aliphatic imine (C=N–C) groups is 1. The van der Waals surface area contributed by atoms with Gasteiger partial charge < -0.3 is 29.7 Å². The van der Waals surface area contributed by atoms with Gasteiger partial charge in [0.15, 0.2) is 5.96 Å². The first-order valence-electron chi connectivity index (χ1n) is 8.81. The lowest BCUT2D eigenvalue weighted by Gasteiger charge is -2.37. The standard InChI is InChI=1S/C18H30N4O3/c1-19-18(20-8-5-13-25-15-14-24-2)22-11-9-21(10-12-22)16-6-3-4-7-17(16)23/h3-4,6-7,23H,5,8-15H2,1-2H3,(H,19,20). The number of hydrogen-bond acceptors (Lipinski definition) is 5. The Labute approximate surface area is 150 Å². The number of phenolic OH excluding ortho intramolecular Hbond substituents is 1. The van der Waals surface area contributed by atoms with E-state index in [2.05, 4.69) is 20.1 Å². The molecule has 1 aliphatic heterocycles. The van der Waals surface area contributed by atoms with Gasteiger partial charge in [0.05, 0.1) is 18.9 Å². The molecule has 1 aliphatic rings. The van der Waals surface area contributed by atoms with Gasteiger partial charge in [-0.25, -0.2) is 0 Å². The number of hydrogen-bond donors (Lipinski definition) is 2. The summed E-state index contributed by atoms with van der Waals surface area (Å²) in [6.45, 7) is 6.29. The summed E-state index contributed by atoms with van der Waals surface area (Å²) in [7, 11) is 3.49. The second-order valence-electron chi connectivity index (χ2n) is 5.90. The molecule has 7 nitrogen and oxygen atoms in total. The van der Waals surface area contributed by atoms with Crippen LogP contribution in [0.2, 0.25) is 0 Å². The van der Waals surface area contributed by atoms with Gasteiger partial charge >= 0.3 is 0 Å². The molecule has 0 spiro atoms. The van der Waals surface area contributed by atoms with Crippen molar-refractivity contribution in [1.29, 1.82) is 0 Å². The van der Waals surface area contributed by atoms with E-state index in [0.717, 1.165) is 50.8 Å². The highest BCUT2D eigenvalue weighted by Gasteiger charge is 2.21. The quantitative estimate of drug-likeness (QED) is 0.416. The summed E-state index contributed by atoms with van der Waals surface area (Å²) in [6, 6.07) is 7.50.